The summed E-state index contributed by atoms with van der Waals surface area (Å²) in [5.41, 5.74) is 2.21. The SMILES string of the molecule is O=C(NCCc1ccccc1)C1=NN(c2ccc(Br)cc2)C(=O)CC1. The van der Waals surface area contributed by atoms with E-state index in [1.54, 1.807) is 12.1 Å². The fourth-order valence-corrected chi connectivity index (χ4v) is 2.83. The second-order valence-corrected chi connectivity index (χ2v) is 6.64. The van der Waals surface area contributed by atoms with Crippen LogP contribution in [0, 0.1) is 0 Å². The highest BCUT2D eigenvalue weighted by atomic mass is 79.9. The largest absolute Gasteiger partial charge is 0.351 e. The molecule has 1 heterocycles. The van der Waals surface area contributed by atoms with Crippen LogP contribution in [0.1, 0.15) is 18.4 Å². The Morgan fingerprint density at radius 2 is 1.80 bits per heavy atom. The zero-order valence-corrected chi connectivity index (χ0v) is 15.2. The van der Waals surface area contributed by atoms with Gasteiger partial charge in [0.25, 0.3) is 5.91 Å². The summed E-state index contributed by atoms with van der Waals surface area (Å²) in [6.07, 6.45) is 1.40. The Balaban J connectivity index is 1.64. The number of benzene rings is 2. The average Bonchev–Trinajstić information content (AvgIpc) is 2.64. The highest BCUT2D eigenvalue weighted by molar-refractivity contribution is 9.10. The maximum atomic E-state index is 12.3. The fourth-order valence-electron chi connectivity index (χ4n) is 2.57. The predicted octanol–water partition coefficient (Wildman–Crippen LogP) is 3.29. The number of amides is 2. The van der Waals surface area contributed by atoms with E-state index in [0.717, 1.165) is 10.9 Å². The van der Waals surface area contributed by atoms with Crippen molar-refractivity contribution in [3.63, 3.8) is 0 Å². The Hall–Kier alpha value is -2.47. The van der Waals surface area contributed by atoms with E-state index in [-0.39, 0.29) is 18.2 Å². The maximum Gasteiger partial charge on any atom is 0.267 e. The molecule has 0 saturated heterocycles. The van der Waals surface area contributed by atoms with Gasteiger partial charge in [0.2, 0.25) is 5.91 Å². The number of hydrogen-bond acceptors (Lipinski definition) is 3. The van der Waals surface area contributed by atoms with E-state index in [1.807, 2.05) is 42.5 Å². The van der Waals surface area contributed by atoms with Crippen LogP contribution in [0.4, 0.5) is 5.69 Å². The van der Waals surface area contributed by atoms with E-state index in [4.69, 9.17) is 0 Å². The van der Waals surface area contributed by atoms with Crippen LogP contribution in [0.2, 0.25) is 0 Å². The van der Waals surface area contributed by atoms with Crippen LogP contribution in [0.3, 0.4) is 0 Å². The van der Waals surface area contributed by atoms with Crippen molar-refractivity contribution in [1.82, 2.24) is 5.32 Å². The molecule has 0 fully saturated rings. The first-order valence-electron chi connectivity index (χ1n) is 8.11. The minimum absolute atomic E-state index is 0.108. The molecule has 0 radical (unpaired) electrons. The van der Waals surface area contributed by atoms with Gasteiger partial charge >= 0.3 is 0 Å². The number of nitrogens with zero attached hydrogens (tertiary/aromatic N) is 2. The van der Waals surface area contributed by atoms with Gasteiger partial charge in [0.15, 0.2) is 0 Å². The summed E-state index contributed by atoms with van der Waals surface area (Å²) in [7, 11) is 0. The van der Waals surface area contributed by atoms with E-state index in [9.17, 15) is 9.59 Å². The Labute approximate surface area is 154 Å². The van der Waals surface area contributed by atoms with Crippen LogP contribution in [0.25, 0.3) is 0 Å². The standard InChI is InChI=1S/C19H18BrN3O2/c20-15-6-8-16(9-7-15)23-18(24)11-10-17(22-23)19(25)21-13-12-14-4-2-1-3-5-14/h1-9H,10-13H2,(H,21,25). The number of hydrazone groups is 1. The highest BCUT2D eigenvalue weighted by Gasteiger charge is 2.25. The summed E-state index contributed by atoms with van der Waals surface area (Å²) in [5.74, 6) is -0.325. The molecule has 2 amide bonds. The Bertz CT molecular complexity index is 788. The molecule has 2 aromatic rings. The van der Waals surface area contributed by atoms with Gasteiger partial charge in [-0.1, -0.05) is 46.3 Å². The summed E-state index contributed by atoms with van der Waals surface area (Å²) >= 11 is 3.36. The van der Waals surface area contributed by atoms with E-state index in [0.29, 0.717) is 24.4 Å². The second-order valence-electron chi connectivity index (χ2n) is 5.72. The highest BCUT2D eigenvalue weighted by Crippen LogP contribution is 2.22. The predicted molar refractivity (Wildman–Crippen MR) is 101 cm³/mol. The third kappa shape index (κ3) is 4.54. The third-order valence-electron chi connectivity index (χ3n) is 3.91. The van der Waals surface area contributed by atoms with Crippen LogP contribution in [0.5, 0.6) is 0 Å². The molecule has 1 aliphatic rings. The van der Waals surface area contributed by atoms with Crippen molar-refractivity contribution in [3.8, 4) is 0 Å². The molecule has 5 nitrogen and oxygen atoms in total. The van der Waals surface area contributed by atoms with Gasteiger partial charge in [-0.2, -0.15) is 5.10 Å². The van der Waals surface area contributed by atoms with Crippen LogP contribution >= 0.6 is 15.9 Å². The zero-order valence-electron chi connectivity index (χ0n) is 13.6. The number of halogens is 1. The molecule has 128 valence electrons. The molecule has 0 spiro atoms. The summed E-state index contributed by atoms with van der Waals surface area (Å²) < 4.78 is 0.920. The number of anilines is 1. The Morgan fingerprint density at radius 1 is 1.08 bits per heavy atom. The lowest BCUT2D eigenvalue weighted by Crippen LogP contribution is -2.39. The van der Waals surface area contributed by atoms with Gasteiger partial charge in [-0.3, -0.25) is 9.59 Å². The first-order chi connectivity index (χ1) is 12.1. The first-order valence-corrected chi connectivity index (χ1v) is 8.91. The number of rotatable bonds is 5. The number of nitrogens with one attached hydrogen (secondary N) is 1. The van der Waals surface area contributed by atoms with E-state index in [1.165, 1.54) is 10.6 Å². The second kappa shape index (κ2) is 8.07. The molecule has 0 bridgehead atoms. The molecule has 0 saturated carbocycles. The minimum atomic E-state index is -0.217. The van der Waals surface area contributed by atoms with Crippen molar-refractivity contribution in [1.29, 1.82) is 0 Å². The van der Waals surface area contributed by atoms with Gasteiger partial charge in [-0.25, -0.2) is 5.01 Å². The molecule has 3 rings (SSSR count). The topological polar surface area (TPSA) is 61.8 Å². The summed E-state index contributed by atoms with van der Waals surface area (Å²) in [4.78, 5) is 24.5. The molecule has 1 aliphatic heterocycles. The average molecular weight is 400 g/mol. The third-order valence-corrected chi connectivity index (χ3v) is 4.44. The van der Waals surface area contributed by atoms with E-state index < -0.39 is 0 Å². The molecule has 0 unspecified atom stereocenters. The fraction of sp³-hybridized carbons (Fsp3) is 0.211. The van der Waals surface area contributed by atoms with Gasteiger partial charge in [-0.15, -0.1) is 0 Å². The smallest absolute Gasteiger partial charge is 0.267 e. The molecular weight excluding hydrogens is 382 g/mol. The minimum Gasteiger partial charge on any atom is -0.351 e. The van der Waals surface area contributed by atoms with Crippen LogP contribution < -0.4 is 10.3 Å². The van der Waals surface area contributed by atoms with E-state index in [2.05, 4.69) is 26.3 Å². The molecule has 0 atom stereocenters. The Kier molecular flexibility index (Phi) is 5.60. The maximum absolute atomic E-state index is 12.3. The number of carbonyl (C=O) groups excluding carboxylic acids is 2. The summed E-state index contributed by atoms with van der Waals surface area (Å²) in [6.45, 7) is 0.536. The van der Waals surface area contributed by atoms with Crippen LogP contribution in [-0.4, -0.2) is 24.1 Å². The van der Waals surface area contributed by atoms with Gasteiger partial charge in [0.05, 0.1) is 5.69 Å². The number of carbonyl (C=O) groups is 2. The van der Waals surface area contributed by atoms with Crippen molar-refractivity contribution < 1.29 is 9.59 Å². The molecular formula is C19H18BrN3O2. The van der Waals surface area contributed by atoms with Crippen LogP contribution in [0.15, 0.2) is 64.2 Å². The lowest BCUT2D eigenvalue weighted by atomic mass is 10.1. The van der Waals surface area contributed by atoms with Crippen molar-refractivity contribution in [2.45, 2.75) is 19.3 Å². The van der Waals surface area contributed by atoms with Crippen molar-refractivity contribution >= 4 is 39.1 Å². The number of hydrogen-bond donors (Lipinski definition) is 1. The lowest BCUT2D eigenvalue weighted by Gasteiger charge is -2.23. The Morgan fingerprint density at radius 3 is 2.52 bits per heavy atom. The molecule has 25 heavy (non-hydrogen) atoms. The van der Waals surface area contributed by atoms with Gasteiger partial charge in [-0.05, 0) is 36.2 Å². The lowest BCUT2D eigenvalue weighted by molar-refractivity contribution is -0.118. The molecule has 1 N–H and O–H groups in total. The quantitative estimate of drug-likeness (QED) is 0.838. The van der Waals surface area contributed by atoms with Crippen molar-refractivity contribution in [2.24, 2.45) is 5.10 Å². The van der Waals surface area contributed by atoms with Crippen molar-refractivity contribution in [2.75, 3.05) is 11.6 Å². The molecule has 6 heteroatoms. The zero-order chi connectivity index (χ0) is 17.6. The van der Waals surface area contributed by atoms with Gasteiger partial charge < -0.3 is 5.32 Å². The van der Waals surface area contributed by atoms with Crippen LogP contribution in [-0.2, 0) is 16.0 Å². The van der Waals surface area contributed by atoms with Crippen molar-refractivity contribution in [3.05, 3.63) is 64.6 Å². The summed E-state index contributed by atoms with van der Waals surface area (Å²) in [6, 6.07) is 17.2. The molecule has 2 aromatic carbocycles. The monoisotopic (exact) mass is 399 g/mol. The van der Waals surface area contributed by atoms with E-state index >= 15 is 0 Å². The normalized spacial score (nSPS) is 14.2. The van der Waals surface area contributed by atoms with Gasteiger partial charge in [0, 0.05) is 23.9 Å². The molecule has 0 aromatic heterocycles. The van der Waals surface area contributed by atoms with Gasteiger partial charge in [0.1, 0.15) is 5.71 Å². The first kappa shape index (κ1) is 17.4. The summed E-state index contributed by atoms with van der Waals surface area (Å²) in [5, 5.41) is 8.45. The molecule has 0 aliphatic carbocycles.